The predicted molar refractivity (Wildman–Crippen MR) is 122 cm³/mol. The molecule has 0 aromatic heterocycles. The summed E-state index contributed by atoms with van der Waals surface area (Å²) in [4.78, 5) is 39.4. The average Bonchev–Trinajstić information content (AvgIpc) is 3.05. The van der Waals surface area contributed by atoms with Crippen LogP contribution >= 0.6 is 0 Å². The van der Waals surface area contributed by atoms with Gasteiger partial charge in [0.05, 0.1) is 17.1 Å². The number of piperidine rings is 1. The molecule has 1 aromatic carbocycles. The van der Waals surface area contributed by atoms with Crippen LogP contribution in [0.1, 0.15) is 45.6 Å². The van der Waals surface area contributed by atoms with Crippen molar-refractivity contribution >= 4 is 33.4 Å². The monoisotopic (exact) mass is 489 g/mol. The number of benzene rings is 1. The van der Waals surface area contributed by atoms with Crippen molar-refractivity contribution in [3.8, 4) is 0 Å². The smallest absolute Gasteiger partial charge is 0.341 e. The number of ether oxygens (including phenoxy) is 2. The molecule has 3 aliphatic heterocycles. The quantitative estimate of drug-likeness (QED) is 0.594. The van der Waals surface area contributed by atoms with Crippen LogP contribution in [-0.4, -0.2) is 50.1 Å². The van der Waals surface area contributed by atoms with Gasteiger partial charge in [-0.3, -0.25) is 9.59 Å². The molecule has 182 valence electrons. The summed E-state index contributed by atoms with van der Waals surface area (Å²) in [6.45, 7) is 5.08. The van der Waals surface area contributed by atoms with Gasteiger partial charge in [0.25, 0.3) is 0 Å². The van der Waals surface area contributed by atoms with Crippen molar-refractivity contribution < 1.29 is 32.3 Å². The molecule has 3 N–H and O–H groups in total. The maximum atomic E-state index is 13.6. The van der Waals surface area contributed by atoms with E-state index in [1.807, 2.05) is 0 Å². The van der Waals surface area contributed by atoms with E-state index in [2.05, 4.69) is 5.32 Å². The van der Waals surface area contributed by atoms with Crippen LogP contribution in [0.2, 0.25) is 0 Å². The molecule has 10 nitrogen and oxygen atoms in total. The van der Waals surface area contributed by atoms with Crippen LogP contribution in [-0.2, 0) is 39.3 Å². The minimum absolute atomic E-state index is 0.0123. The number of hydrogen-bond donors (Lipinski definition) is 2. The lowest BCUT2D eigenvalue weighted by Crippen LogP contribution is -2.48. The molecule has 3 aliphatic rings. The third-order valence-corrected chi connectivity index (χ3v) is 8.27. The topological polar surface area (TPSA) is 145 Å². The zero-order valence-electron chi connectivity index (χ0n) is 19.3. The Labute approximate surface area is 197 Å². The first-order chi connectivity index (χ1) is 16.1. The van der Waals surface area contributed by atoms with Gasteiger partial charge in [0.1, 0.15) is 16.7 Å². The van der Waals surface area contributed by atoms with Gasteiger partial charge in [-0.1, -0.05) is 6.42 Å². The summed E-state index contributed by atoms with van der Waals surface area (Å²) in [5, 5.41) is 2.68. The maximum absolute atomic E-state index is 13.6. The Bertz CT molecular complexity index is 1260. The number of fused-ring (bicyclic) bond motifs is 2. The lowest BCUT2D eigenvalue weighted by molar-refractivity contribution is -0.141. The highest BCUT2D eigenvalue weighted by atomic mass is 32.2. The fourth-order valence-corrected chi connectivity index (χ4v) is 6.55. The molecule has 1 amide bonds. The standard InChI is InChI=1S/C23H27N3O7S/c1-4-32-21(28)19-20(24)33-14(3)18(13(2)27)23(19)16-12-15(8-9-17(16)25-22(23)29)34(30,31)26-10-6-5-7-11-26/h8-9,12H,4-7,10-11,24H2,1-3H3,(H,25,29). The molecule has 1 spiro atoms. The number of nitrogens with one attached hydrogen (secondary N) is 1. The highest BCUT2D eigenvalue weighted by Crippen LogP contribution is 2.53. The molecule has 0 radical (unpaired) electrons. The van der Waals surface area contributed by atoms with Crippen molar-refractivity contribution in [2.45, 2.75) is 50.3 Å². The fourth-order valence-electron chi connectivity index (χ4n) is 5.00. The van der Waals surface area contributed by atoms with Crippen molar-refractivity contribution in [2.75, 3.05) is 25.0 Å². The van der Waals surface area contributed by atoms with Gasteiger partial charge in [-0.05, 0) is 51.8 Å². The van der Waals surface area contributed by atoms with Crippen molar-refractivity contribution in [1.82, 2.24) is 4.31 Å². The normalized spacial score (nSPS) is 23.0. The SMILES string of the molecule is CCOC(=O)C1=C(N)OC(C)=C(C(C)=O)C12C(=O)Nc1ccc(S(=O)(=O)N3CCCCC3)cc12. The Kier molecular flexibility index (Phi) is 6.03. The van der Waals surface area contributed by atoms with Gasteiger partial charge >= 0.3 is 5.97 Å². The number of carbonyl (C=O) groups is 3. The van der Waals surface area contributed by atoms with E-state index in [0.717, 1.165) is 19.3 Å². The summed E-state index contributed by atoms with van der Waals surface area (Å²) in [7, 11) is -3.87. The average molecular weight is 490 g/mol. The van der Waals surface area contributed by atoms with Gasteiger partial charge in [-0.2, -0.15) is 4.31 Å². The number of esters is 1. The lowest BCUT2D eigenvalue weighted by atomic mass is 9.66. The molecule has 1 atom stereocenters. The van der Waals surface area contributed by atoms with E-state index in [1.165, 1.54) is 36.4 Å². The van der Waals surface area contributed by atoms with E-state index < -0.39 is 33.1 Å². The number of ketones is 1. The maximum Gasteiger partial charge on any atom is 0.341 e. The van der Waals surface area contributed by atoms with Crippen molar-refractivity contribution in [3.05, 3.63) is 46.6 Å². The van der Waals surface area contributed by atoms with Crippen molar-refractivity contribution in [2.24, 2.45) is 5.73 Å². The highest BCUT2D eigenvalue weighted by Gasteiger charge is 2.60. The van der Waals surface area contributed by atoms with Gasteiger partial charge < -0.3 is 20.5 Å². The molecular formula is C23H27N3O7S. The minimum atomic E-state index is -3.87. The molecular weight excluding hydrogens is 462 g/mol. The van der Waals surface area contributed by atoms with Gasteiger partial charge in [0, 0.05) is 24.3 Å². The van der Waals surface area contributed by atoms with Crippen LogP contribution in [0.25, 0.3) is 0 Å². The summed E-state index contributed by atoms with van der Waals surface area (Å²) >= 11 is 0. The second-order valence-electron chi connectivity index (χ2n) is 8.43. The molecule has 1 aromatic rings. The number of amides is 1. The van der Waals surface area contributed by atoms with Gasteiger partial charge in [0.2, 0.25) is 21.8 Å². The number of nitrogens with two attached hydrogens (primary N) is 1. The first kappa shape index (κ1) is 24.0. The van der Waals surface area contributed by atoms with E-state index in [9.17, 15) is 22.8 Å². The van der Waals surface area contributed by atoms with Crippen LogP contribution in [0, 0.1) is 0 Å². The van der Waals surface area contributed by atoms with Crippen LogP contribution in [0.4, 0.5) is 5.69 Å². The third-order valence-electron chi connectivity index (χ3n) is 6.38. The van der Waals surface area contributed by atoms with Gasteiger partial charge in [-0.15, -0.1) is 0 Å². The van der Waals surface area contributed by atoms with Crippen molar-refractivity contribution in [1.29, 1.82) is 0 Å². The van der Waals surface area contributed by atoms with Crippen LogP contribution in [0.5, 0.6) is 0 Å². The number of carbonyl (C=O) groups excluding carboxylic acids is 3. The molecule has 4 rings (SSSR count). The van der Waals surface area contributed by atoms with E-state index in [0.29, 0.717) is 13.1 Å². The molecule has 3 heterocycles. The lowest BCUT2D eigenvalue weighted by Gasteiger charge is -2.36. The van der Waals surface area contributed by atoms with Crippen molar-refractivity contribution in [3.63, 3.8) is 0 Å². The molecule has 1 saturated heterocycles. The first-order valence-electron chi connectivity index (χ1n) is 11.1. The van der Waals surface area contributed by atoms with E-state index in [-0.39, 0.29) is 45.5 Å². The molecule has 0 aliphatic carbocycles. The predicted octanol–water partition coefficient (Wildman–Crippen LogP) is 1.68. The largest absolute Gasteiger partial charge is 0.462 e. The number of anilines is 1. The van der Waals surface area contributed by atoms with E-state index >= 15 is 0 Å². The number of hydrogen-bond acceptors (Lipinski definition) is 8. The second-order valence-corrected chi connectivity index (χ2v) is 10.4. The van der Waals surface area contributed by atoms with Gasteiger partial charge in [0.15, 0.2) is 5.78 Å². The summed E-state index contributed by atoms with van der Waals surface area (Å²) < 4.78 is 38.8. The third kappa shape index (κ3) is 3.41. The Hall–Kier alpha value is -3.18. The minimum Gasteiger partial charge on any atom is -0.462 e. The first-order valence-corrected chi connectivity index (χ1v) is 12.5. The molecule has 11 heteroatoms. The summed E-state index contributed by atoms with van der Waals surface area (Å²) in [6, 6.07) is 4.20. The van der Waals surface area contributed by atoms with E-state index in [1.54, 1.807) is 6.92 Å². The Balaban J connectivity index is 2.00. The fraction of sp³-hybridized carbons (Fsp3) is 0.435. The Morgan fingerprint density at radius 1 is 1.21 bits per heavy atom. The Morgan fingerprint density at radius 3 is 2.50 bits per heavy atom. The summed E-state index contributed by atoms with van der Waals surface area (Å²) in [5.74, 6) is -2.51. The summed E-state index contributed by atoms with van der Waals surface area (Å²) in [6.07, 6.45) is 2.47. The molecule has 34 heavy (non-hydrogen) atoms. The zero-order chi connectivity index (χ0) is 24.8. The second kappa shape index (κ2) is 8.55. The molecule has 1 fully saturated rings. The van der Waals surface area contributed by atoms with Crippen LogP contribution in [0.15, 0.2) is 45.9 Å². The van der Waals surface area contributed by atoms with Crippen LogP contribution < -0.4 is 11.1 Å². The zero-order valence-corrected chi connectivity index (χ0v) is 20.1. The Morgan fingerprint density at radius 2 is 1.88 bits per heavy atom. The number of allylic oxidation sites excluding steroid dienone is 1. The molecule has 1 unspecified atom stereocenters. The highest BCUT2D eigenvalue weighted by molar-refractivity contribution is 7.89. The number of rotatable bonds is 5. The summed E-state index contributed by atoms with van der Waals surface area (Å²) in [5.41, 5.74) is 4.02. The molecule has 0 bridgehead atoms. The number of Topliss-reactive ketones (excluding diaryl/α,β-unsaturated/α-hetero) is 1. The number of sulfonamides is 1. The van der Waals surface area contributed by atoms with Crippen LogP contribution in [0.3, 0.4) is 0 Å². The molecule has 0 saturated carbocycles. The van der Waals surface area contributed by atoms with E-state index in [4.69, 9.17) is 15.2 Å². The van der Waals surface area contributed by atoms with Gasteiger partial charge in [-0.25, -0.2) is 13.2 Å². The number of nitrogens with zero attached hydrogens (tertiary/aromatic N) is 1.